The van der Waals surface area contributed by atoms with E-state index in [9.17, 15) is 9.18 Å². The molecule has 0 aromatic heterocycles. The molecule has 0 aliphatic carbocycles. The Morgan fingerprint density at radius 2 is 2.10 bits per heavy atom. The summed E-state index contributed by atoms with van der Waals surface area (Å²) in [5.41, 5.74) is 0.709. The van der Waals surface area contributed by atoms with Gasteiger partial charge in [0, 0.05) is 19.6 Å². The molecule has 1 N–H and O–H groups in total. The fraction of sp³-hybridized carbons (Fsp3) is 0.533. The maximum absolute atomic E-state index is 13.3. The molecule has 0 spiro atoms. The zero-order valence-electron chi connectivity index (χ0n) is 11.8. The molecular weight excluding hydrogens is 259 g/mol. The van der Waals surface area contributed by atoms with Crippen molar-refractivity contribution in [2.24, 2.45) is 0 Å². The van der Waals surface area contributed by atoms with Crippen LogP contribution in [0.3, 0.4) is 0 Å². The second kappa shape index (κ2) is 6.81. The summed E-state index contributed by atoms with van der Waals surface area (Å²) in [5.74, 6) is -1.40. The Labute approximate surface area is 118 Å². The Balaban J connectivity index is 1.94. The summed E-state index contributed by atoms with van der Waals surface area (Å²) in [4.78, 5) is 15.6. The van der Waals surface area contributed by atoms with E-state index in [-0.39, 0.29) is 5.56 Å². The minimum atomic E-state index is -1.01. The Bertz CT molecular complexity index is 473. The standard InChI is InChI=1S/C15H21FN2O2/c1-17(8-9-18-6-2-3-7-18)11-12-10-13(16)4-5-14(12)15(19)20/h4-5,10H,2-3,6-9,11H2,1H3,(H,19,20). The minimum Gasteiger partial charge on any atom is -0.478 e. The fourth-order valence-electron chi connectivity index (χ4n) is 2.59. The molecule has 1 aliphatic rings. The summed E-state index contributed by atoms with van der Waals surface area (Å²) in [6.45, 7) is 4.58. The summed E-state index contributed by atoms with van der Waals surface area (Å²) < 4.78 is 13.3. The molecule has 0 bridgehead atoms. The van der Waals surface area contributed by atoms with Crippen LogP contribution in [0.4, 0.5) is 4.39 Å². The third-order valence-corrected chi connectivity index (χ3v) is 3.73. The van der Waals surface area contributed by atoms with Gasteiger partial charge < -0.3 is 14.9 Å². The molecule has 1 aliphatic heterocycles. The number of likely N-dealkylation sites (tertiary alicyclic amines) is 1. The SMILES string of the molecule is CN(CCN1CCCC1)Cc1cc(F)ccc1C(=O)O. The number of carbonyl (C=O) groups is 1. The van der Waals surface area contributed by atoms with Crippen molar-refractivity contribution >= 4 is 5.97 Å². The Hall–Kier alpha value is -1.46. The monoisotopic (exact) mass is 280 g/mol. The highest BCUT2D eigenvalue weighted by Gasteiger charge is 2.15. The highest BCUT2D eigenvalue weighted by atomic mass is 19.1. The first-order valence-corrected chi connectivity index (χ1v) is 6.99. The first-order chi connectivity index (χ1) is 9.56. The third kappa shape index (κ3) is 4.02. The molecule has 5 heteroatoms. The van der Waals surface area contributed by atoms with E-state index in [1.54, 1.807) is 0 Å². The van der Waals surface area contributed by atoms with Crippen LogP contribution in [-0.2, 0) is 6.54 Å². The van der Waals surface area contributed by atoms with Crippen LogP contribution in [0, 0.1) is 5.82 Å². The normalized spacial score (nSPS) is 15.9. The van der Waals surface area contributed by atoms with Crippen LogP contribution >= 0.6 is 0 Å². The number of benzene rings is 1. The summed E-state index contributed by atoms with van der Waals surface area (Å²) in [6.07, 6.45) is 2.52. The molecule has 0 amide bonds. The van der Waals surface area contributed by atoms with Gasteiger partial charge >= 0.3 is 5.97 Å². The van der Waals surface area contributed by atoms with Crippen LogP contribution in [0.15, 0.2) is 18.2 Å². The van der Waals surface area contributed by atoms with Gasteiger partial charge in [-0.15, -0.1) is 0 Å². The number of halogens is 1. The maximum Gasteiger partial charge on any atom is 0.336 e. The molecule has 110 valence electrons. The summed E-state index contributed by atoms with van der Waals surface area (Å²) in [6, 6.07) is 3.84. The van der Waals surface area contributed by atoms with Crippen molar-refractivity contribution in [1.29, 1.82) is 0 Å². The highest BCUT2D eigenvalue weighted by Crippen LogP contribution is 2.14. The van der Waals surface area contributed by atoms with Crippen LogP contribution in [0.2, 0.25) is 0 Å². The lowest BCUT2D eigenvalue weighted by atomic mass is 10.1. The molecule has 1 fully saturated rings. The first kappa shape index (κ1) is 14.9. The van der Waals surface area contributed by atoms with Gasteiger partial charge in [-0.25, -0.2) is 9.18 Å². The van der Waals surface area contributed by atoms with Gasteiger partial charge in [-0.2, -0.15) is 0 Å². The number of carboxylic acids is 1. The van der Waals surface area contributed by atoms with Gasteiger partial charge in [-0.1, -0.05) is 0 Å². The van der Waals surface area contributed by atoms with Gasteiger partial charge in [0.1, 0.15) is 5.82 Å². The smallest absolute Gasteiger partial charge is 0.336 e. The van der Waals surface area contributed by atoms with Gasteiger partial charge in [0.2, 0.25) is 0 Å². The number of hydrogen-bond donors (Lipinski definition) is 1. The van der Waals surface area contributed by atoms with Crippen LogP contribution in [0.25, 0.3) is 0 Å². The molecule has 20 heavy (non-hydrogen) atoms. The van der Waals surface area contributed by atoms with Crippen molar-refractivity contribution in [3.63, 3.8) is 0 Å². The van der Waals surface area contributed by atoms with Crippen LogP contribution in [0.5, 0.6) is 0 Å². The van der Waals surface area contributed by atoms with Gasteiger partial charge in [0.05, 0.1) is 5.56 Å². The number of hydrogen-bond acceptors (Lipinski definition) is 3. The molecule has 1 heterocycles. The van der Waals surface area contributed by atoms with E-state index < -0.39 is 11.8 Å². The summed E-state index contributed by atoms with van der Waals surface area (Å²) in [7, 11) is 1.94. The molecule has 0 saturated carbocycles. The number of aromatic carboxylic acids is 1. The first-order valence-electron chi connectivity index (χ1n) is 6.99. The average Bonchev–Trinajstić information content (AvgIpc) is 2.89. The second-order valence-corrected chi connectivity index (χ2v) is 5.39. The van der Waals surface area contributed by atoms with Crippen molar-refractivity contribution in [3.8, 4) is 0 Å². The van der Waals surface area contributed by atoms with E-state index in [1.165, 1.54) is 31.0 Å². The van der Waals surface area contributed by atoms with Gasteiger partial charge in [-0.3, -0.25) is 0 Å². The number of likely N-dealkylation sites (N-methyl/N-ethyl adjacent to an activating group) is 1. The van der Waals surface area contributed by atoms with Crippen LogP contribution < -0.4 is 0 Å². The van der Waals surface area contributed by atoms with Crippen LogP contribution in [-0.4, -0.2) is 54.1 Å². The van der Waals surface area contributed by atoms with E-state index in [1.807, 2.05) is 11.9 Å². The van der Waals surface area contributed by atoms with Crippen molar-refractivity contribution in [1.82, 2.24) is 9.80 Å². The number of carboxylic acid groups (broad SMARTS) is 1. The fourth-order valence-corrected chi connectivity index (χ4v) is 2.59. The second-order valence-electron chi connectivity index (χ2n) is 5.39. The largest absolute Gasteiger partial charge is 0.478 e. The Kier molecular flexibility index (Phi) is 5.09. The van der Waals surface area contributed by atoms with Crippen molar-refractivity contribution < 1.29 is 14.3 Å². The third-order valence-electron chi connectivity index (χ3n) is 3.73. The maximum atomic E-state index is 13.3. The molecule has 0 unspecified atom stereocenters. The molecule has 0 atom stereocenters. The number of nitrogens with zero attached hydrogens (tertiary/aromatic N) is 2. The van der Waals surface area contributed by atoms with E-state index in [0.29, 0.717) is 12.1 Å². The minimum absolute atomic E-state index is 0.180. The Morgan fingerprint density at radius 1 is 1.40 bits per heavy atom. The quantitative estimate of drug-likeness (QED) is 0.866. The Morgan fingerprint density at radius 3 is 2.75 bits per heavy atom. The predicted molar refractivity (Wildman–Crippen MR) is 75.4 cm³/mol. The summed E-state index contributed by atoms with van der Waals surface area (Å²) in [5, 5.41) is 9.12. The summed E-state index contributed by atoms with van der Waals surface area (Å²) >= 11 is 0. The van der Waals surface area contributed by atoms with E-state index in [0.717, 1.165) is 26.2 Å². The van der Waals surface area contributed by atoms with Crippen molar-refractivity contribution in [3.05, 3.63) is 35.1 Å². The lowest BCUT2D eigenvalue weighted by Gasteiger charge is -2.22. The predicted octanol–water partition coefficient (Wildman–Crippen LogP) is 2.05. The lowest BCUT2D eigenvalue weighted by molar-refractivity contribution is 0.0694. The van der Waals surface area contributed by atoms with Crippen molar-refractivity contribution in [2.45, 2.75) is 19.4 Å². The molecule has 4 nitrogen and oxygen atoms in total. The van der Waals surface area contributed by atoms with Crippen LogP contribution in [0.1, 0.15) is 28.8 Å². The molecule has 1 saturated heterocycles. The van der Waals surface area contributed by atoms with E-state index >= 15 is 0 Å². The van der Waals surface area contributed by atoms with Gasteiger partial charge in [-0.05, 0) is 56.7 Å². The van der Waals surface area contributed by atoms with E-state index in [4.69, 9.17) is 5.11 Å². The lowest BCUT2D eigenvalue weighted by Crippen LogP contribution is -2.31. The van der Waals surface area contributed by atoms with E-state index in [2.05, 4.69) is 4.90 Å². The topological polar surface area (TPSA) is 43.8 Å². The van der Waals surface area contributed by atoms with Crippen molar-refractivity contribution in [2.75, 3.05) is 33.2 Å². The zero-order chi connectivity index (χ0) is 14.5. The molecule has 2 rings (SSSR count). The molecule has 0 radical (unpaired) electrons. The highest BCUT2D eigenvalue weighted by molar-refractivity contribution is 5.89. The molecule has 1 aromatic rings. The molecular formula is C15H21FN2O2. The van der Waals surface area contributed by atoms with Gasteiger partial charge in [0.15, 0.2) is 0 Å². The number of rotatable bonds is 6. The average molecular weight is 280 g/mol. The van der Waals surface area contributed by atoms with Gasteiger partial charge in [0.25, 0.3) is 0 Å². The zero-order valence-corrected chi connectivity index (χ0v) is 11.8. The molecule has 1 aromatic carbocycles.